The van der Waals surface area contributed by atoms with E-state index in [0.717, 1.165) is 24.1 Å². The highest BCUT2D eigenvalue weighted by atomic mass is 32.1. The molecule has 2 rings (SSSR count). The third-order valence-corrected chi connectivity index (χ3v) is 4.26. The topological polar surface area (TPSA) is 60.8 Å². The van der Waals surface area contributed by atoms with Crippen LogP contribution < -0.4 is 0 Å². The van der Waals surface area contributed by atoms with E-state index in [2.05, 4.69) is 11.8 Å². The molecule has 5 heteroatoms. The summed E-state index contributed by atoms with van der Waals surface area (Å²) < 4.78 is 0. The van der Waals surface area contributed by atoms with Gasteiger partial charge < -0.3 is 15.1 Å². The molecule has 2 N–H and O–H groups in total. The summed E-state index contributed by atoms with van der Waals surface area (Å²) in [5, 5.41) is 19.6. The first-order valence-electron chi connectivity index (χ1n) is 6.86. The number of amides is 1. The Morgan fingerprint density at radius 3 is 2.80 bits per heavy atom. The van der Waals surface area contributed by atoms with Gasteiger partial charge in [0.05, 0.1) is 23.7 Å². The van der Waals surface area contributed by atoms with E-state index in [1.807, 2.05) is 5.38 Å². The quantitative estimate of drug-likeness (QED) is 0.808. The molecule has 1 aromatic heterocycles. The smallest absolute Gasteiger partial charge is 0.255 e. The number of hydrogen-bond acceptors (Lipinski definition) is 4. The molecular weight excluding hydrogens is 274 g/mol. The van der Waals surface area contributed by atoms with Gasteiger partial charge in [0.15, 0.2) is 0 Å². The second-order valence-electron chi connectivity index (χ2n) is 4.78. The van der Waals surface area contributed by atoms with Crippen LogP contribution in [-0.2, 0) is 0 Å². The molecule has 1 aliphatic carbocycles. The molecule has 1 saturated carbocycles. The number of carbonyl (C=O) groups excluding carboxylic acids is 1. The van der Waals surface area contributed by atoms with Crippen molar-refractivity contribution in [1.82, 2.24) is 4.90 Å². The fraction of sp³-hybridized carbons (Fsp3) is 0.533. The van der Waals surface area contributed by atoms with E-state index in [1.54, 1.807) is 11.0 Å². The monoisotopic (exact) mass is 293 g/mol. The number of aliphatic hydroxyl groups is 2. The highest BCUT2D eigenvalue weighted by molar-refractivity contribution is 7.10. The normalized spacial score (nSPS) is 14.3. The van der Waals surface area contributed by atoms with Crippen LogP contribution in [0.15, 0.2) is 11.4 Å². The van der Waals surface area contributed by atoms with Crippen LogP contribution in [0.4, 0.5) is 0 Å². The van der Waals surface area contributed by atoms with Crippen molar-refractivity contribution < 1.29 is 15.0 Å². The summed E-state index contributed by atoms with van der Waals surface area (Å²) >= 11 is 1.44. The Hall–Kier alpha value is -1.35. The van der Waals surface area contributed by atoms with Crippen LogP contribution in [0.2, 0.25) is 0 Å². The number of aliphatic hydroxyl groups excluding tert-OH is 2. The predicted octanol–water partition coefficient (Wildman–Crippen LogP) is 1.47. The van der Waals surface area contributed by atoms with E-state index in [-0.39, 0.29) is 25.2 Å². The van der Waals surface area contributed by atoms with E-state index in [9.17, 15) is 4.79 Å². The molecule has 0 aromatic carbocycles. The van der Waals surface area contributed by atoms with Gasteiger partial charge in [-0.3, -0.25) is 4.79 Å². The zero-order valence-electron chi connectivity index (χ0n) is 11.3. The fourth-order valence-electron chi connectivity index (χ4n) is 2.14. The molecule has 4 nitrogen and oxygen atoms in total. The van der Waals surface area contributed by atoms with Crippen molar-refractivity contribution in [2.24, 2.45) is 0 Å². The SMILES string of the molecule is O=C(c1csc(C#CCCO)c1)N(CCO)C1CCC1. The molecule has 1 fully saturated rings. The van der Waals surface area contributed by atoms with Gasteiger partial charge in [0.2, 0.25) is 0 Å². The van der Waals surface area contributed by atoms with Gasteiger partial charge in [-0.15, -0.1) is 11.3 Å². The zero-order valence-corrected chi connectivity index (χ0v) is 12.2. The van der Waals surface area contributed by atoms with Crippen molar-refractivity contribution in [1.29, 1.82) is 0 Å². The van der Waals surface area contributed by atoms with E-state index >= 15 is 0 Å². The number of thiophene rings is 1. The van der Waals surface area contributed by atoms with Gasteiger partial charge >= 0.3 is 0 Å². The van der Waals surface area contributed by atoms with Crippen molar-refractivity contribution in [2.75, 3.05) is 19.8 Å². The highest BCUT2D eigenvalue weighted by Gasteiger charge is 2.29. The van der Waals surface area contributed by atoms with Crippen molar-refractivity contribution in [2.45, 2.75) is 31.7 Å². The lowest BCUT2D eigenvalue weighted by molar-refractivity contribution is 0.0526. The number of carbonyl (C=O) groups is 1. The van der Waals surface area contributed by atoms with Gasteiger partial charge in [-0.25, -0.2) is 0 Å². The Bertz CT molecular complexity index is 511. The van der Waals surface area contributed by atoms with Crippen molar-refractivity contribution in [3.8, 4) is 11.8 Å². The first kappa shape index (κ1) is 15.0. The van der Waals surface area contributed by atoms with Gasteiger partial charge in [0.25, 0.3) is 5.91 Å². The molecule has 1 aromatic rings. The Morgan fingerprint density at radius 2 is 2.20 bits per heavy atom. The van der Waals surface area contributed by atoms with E-state index in [4.69, 9.17) is 10.2 Å². The van der Waals surface area contributed by atoms with Gasteiger partial charge in [-0.05, 0) is 25.3 Å². The maximum Gasteiger partial charge on any atom is 0.255 e. The lowest BCUT2D eigenvalue weighted by Gasteiger charge is -2.37. The summed E-state index contributed by atoms with van der Waals surface area (Å²) in [7, 11) is 0. The largest absolute Gasteiger partial charge is 0.395 e. The van der Waals surface area contributed by atoms with Gasteiger partial charge in [-0.1, -0.05) is 11.8 Å². The number of nitrogens with zero attached hydrogens (tertiary/aromatic N) is 1. The molecule has 0 spiro atoms. The fourth-order valence-corrected chi connectivity index (χ4v) is 2.89. The van der Waals surface area contributed by atoms with Crippen LogP contribution in [0.3, 0.4) is 0 Å². The molecule has 1 amide bonds. The van der Waals surface area contributed by atoms with E-state index in [1.165, 1.54) is 11.3 Å². The Kier molecular flexibility index (Phi) is 5.60. The lowest BCUT2D eigenvalue weighted by atomic mass is 9.91. The average Bonchev–Trinajstić information content (AvgIpc) is 2.84. The van der Waals surface area contributed by atoms with E-state index < -0.39 is 0 Å². The molecule has 0 aliphatic heterocycles. The summed E-state index contributed by atoms with van der Waals surface area (Å²) in [6, 6.07) is 2.07. The summed E-state index contributed by atoms with van der Waals surface area (Å²) in [6.07, 6.45) is 3.65. The molecule has 0 saturated heterocycles. The number of rotatable bonds is 5. The summed E-state index contributed by atoms with van der Waals surface area (Å²) in [5.74, 6) is 5.77. The first-order chi connectivity index (χ1) is 9.76. The van der Waals surface area contributed by atoms with Crippen LogP contribution in [0.1, 0.15) is 40.9 Å². The minimum Gasteiger partial charge on any atom is -0.395 e. The van der Waals surface area contributed by atoms with Gasteiger partial charge in [0.1, 0.15) is 0 Å². The molecule has 0 bridgehead atoms. The molecule has 0 unspecified atom stereocenters. The van der Waals surface area contributed by atoms with Crippen LogP contribution in [0, 0.1) is 11.8 Å². The van der Waals surface area contributed by atoms with Gasteiger partial charge in [-0.2, -0.15) is 0 Å². The van der Waals surface area contributed by atoms with Crippen molar-refractivity contribution in [3.05, 3.63) is 21.9 Å². The van der Waals surface area contributed by atoms with Crippen LogP contribution >= 0.6 is 11.3 Å². The maximum absolute atomic E-state index is 12.4. The number of hydrogen-bond donors (Lipinski definition) is 2. The van der Waals surface area contributed by atoms with Crippen LogP contribution in [0.25, 0.3) is 0 Å². The molecule has 0 atom stereocenters. The summed E-state index contributed by atoms with van der Waals surface area (Å²) in [4.78, 5) is 15.1. The molecular formula is C15H19NO3S. The standard InChI is InChI=1S/C15H19NO3S/c17-8-2-1-6-14-10-12(11-20-14)15(19)16(7-9-18)13-4-3-5-13/h10-11,13,17-18H,2-5,7-9H2. The molecule has 1 heterocycles. The Morgan fingerprint density at radius 1 is 1.40 bits per heavy atom. The first-order valence-corrected chi connectivity index (χ1v) is 7.74. The molecule has 0 radical (unpaired) electrons. The predicted molar refractivity (Wildman–Crippen MR) is 78.7 cm³/mol. The molecule has 108 valence electrons. The average molecular weight is 293 g/mol. The van der Waals surface area contributed by atoms with E-state index in [0.29, 0.717) is 18.5 Å². The summed E-state index contributed by atoms with van der Waals surface area (Å²) in [5.41, 5.74) is 0.642. The lowest BCUT2D eigenvalue weighted by Crippen LogP contribution is -2.45. The maximum atomic E-state index is 12.4. The molecule has 1 aliphatic rings. The highest BCUT2D eigenvalue weighted by Crippen LogP contribution is 2.27. The van der Waals surface area contributed by atoms with Crippen LogP contribution in [0.5, 0.6) is 0 Å². The third kappa shape index (κ3) is 3.60. The van der Waals surface area contributed by atoms with Crippen LogP contribution in [-0.4, -0.2) is 46.8 Å². The molecule has 20 heavy (non-hydrogen) atoms. The Balaban J connectivity index is 2.05. The van der Waals surface area contributed by atoms with Crippen molar-refractivity contribution in [3.63, 3.8) is 0 Å². The second-order valence-corrected chi connectivity index (χ2v) is 5.69. The van der Waals surface area contributed by atoms with Crippen molar-refractivity contribution >= 4 is 17.2 Å². The van der Waals surface area contributed by atoms with Gasteiger partial charge in [0, 0.05) is 24.4 Å². The zero-order chi connectivity index (χ0) is 14.4. The minimum absolute atomic E-state index is 0.00442. The third-order valence-electron chi connectivity index (χ3n) is 3.41. The minimum atomic E-state index is -0.0183. The Labute approximate surface area is 123 Å². The second kappa shape index (κ2) is 7.44. The summed E-state index contributed by atoms with van der Waals surface area (Å²) in [6.45, 7) is 0.441.